The largest absolute Gasteiger partial charge is 0.477 e. The van der Waals surface area contributed by atoms with Gasteiger partial charge in [0.2, 0.25) is 12.1 Å². The highest BCUT2D eigenvalue weighted by Gasteiger charge is 2.58. The zero-order chi connectivity index (χ0) is 53.1. The van der Waals surface area contributed by atoms with Crippen molar-refractivity contribution in [2.45, 2.75) is 104 Å². The summed E-state index contributed by atoms with van der Waals surface area (Å²) in [5, 5.41) is 105. The maximum Gasteiger partial charge on any atom is 0.343 e. The maximum absolute atomic E-state index is 14.8. The van der Waals surface area contributed by atoms with Gasteiger partial charge in [-0.1, -0.05) is 67.5 Å². The molecule has 17 N–H and O–H groups in total. The second kappa shape index (κ2) is 27.4. The van der Waals surface area contributed by atoms with Gasteiger partial charge in [0.15, 0.2) is 24.3 Å². The molecule has 16 atom stereocenters. The number of nitrogens with two attached hydrogens (primary N) is 2. The van der Waals surface area contributed by atoms with Gasteiger partial charge >= 0.3 is 11.9 Å². The average Bonchev–Trinajstić information content (AvgIpc) is 3.76. The van der Waals surface area contributed by atoms with Crippen molar-refractivity contribution in [3.05, 3.63) is 59.2 Å². The number of guanidine groups is 2. The Morgan fingerprint density at radius 3 is 2.61 bits per heavy atom. The second-order valence-corrected chi connectivity index (χ2v) is 24.1. The number of nitrogens with zero attached hydrogens (tertiary/aromatic N) is 2. The molecule has 74 heavy (non-hydrogen) atoms. The summed E-state index contributed by atoms with van der Waals surface area (Å²) in [6, 6.07) is -0.697. The van der Waals surface area contributed by atoms with E-state index in [1.807, 2.05) is 6.08 Å². The van der Waals surface area contributed by atoms with Crippen LogP contribution in [0.4, 0.5) is 0 Å². The van der Waals surface area contributed by atoms with Gasteiger partial charge < -0.3 is 91.7 Å². The minimum atomic E-state index is -3.12. The summed E-state index contributed by atoms with van der Waals surface area (Å²) in [4.78, 5) is 37.6. The number of carbonyl (C=O) groups excluding carboxylic acids is 1. The number of hydrogen-bond donors (Lipinski definition) is 15. The van der Waals surface area contributed by atoms with Gasteiger partial charge in [0.05, 0.1) is 48.5 Å². The van der Waals surface area contributed by atoms with Crippen LogP contribution in [0.2, 0.25) is 0 Å². The Morgan fingerprint density at radius 1 is 1.09 bits per heavy atom. The van der Waals surface area contributed by atoms with Crippen LogP contribution in [0.15, 0.2) is 69.2 Å². The van der Waals surface area contributed by atoms with Crippen molar-refractivity contribution in [3.8, 4) is 0 Å². The standard InChI is InChI=1S/C46H70N8O16S4/c1-49-35(20-59)69-39-43(68-33(19-58)38(60)46(39,64)65)70-42-27-4-2-13-71-73-34(14-25-9-11-51-44(47)52-25)37-31(18-57)54-15-23(36(28(16-54)40(61)62)53-45(48)50-10-3-12-55)5-7-26(27)29(21-66-42)41(63)67-32-8-6-24(17-56)30(32)22-72-74-37/h2,4-5,7,16,21,24-27,30-35,37-39,42-43,49,55-60,64-65H,3,6,8-15,17-20,22H2,1H3,(H,61,62)(H3,47,51,52)(H3,48,50,53)/p+1/b4-2+,7-5+/t24-,25+,26+,27-,30+,31-,32-,33-,34-,35-,37-,38-,39+,42+,43+/m1/s1. The summed E-state index contributed by atoms with van der Waals surface area (Å²) in [5.41, 5.74) is 12.9. The summed E-state index contributed by atoms with van der Waals surface area (Å²) in [6.45, 7) is -1.42. The number of rotatable bonds is 16. The number of carboxylic acids is 1. The number of fused-ring (bicyclic) bond motifs is 2. The number of esters is 1. The molecule has 6 aliphatic heterocycles. The predicted octanol–water partition coefficient (Wildman–Crippen LogP) is -3.44. The number of carbonyl (C=O) groups is 2. The number of nitrogens with one attached hydrogen (secondary N) is 4. The minimum Gasteiger partial charge on any atom is -0.477 e. The molecule has 24 nitrogen and oxygen atoms in total. The highest BCUT2D eigenvalue weighted by Crippen LogP contribution is 2.47. The van der Waals surface area contributed by atoms with Crippen molar-refractivity contribution in [1.82, 2.24) is 16.0 Å². The Kier molecular flexibility index (Phi) is 21.7. The molecule has 7 rings (SSSR count). The van der Waals surface area contributed by atoms with E-state index in [-0.39, 0.29) is 84.1 Å². The molecule has 0 aromatic rings. The van der Waals surface area contributed by atoms with Crippen molar-refractivity contribution in [2.75, 3.05) is 71.2 Å². The quantitative estimate of drug-likeness (QED) is 0.0136. The van der Waals surface area contributed by atoms with E-state index in [0.717, 1.165) is 0 Å². The normalized spacial score (nSPS) is 37.1. The number of aliphatic imine (C=N–C) groups is 2. The first-order valence-electron chi connectivity index (χ1n) is 24.6. The first kappa shape index (κ1) is 58.5. The summed E-state index contributed by atoms with van der Waals surface area (Å²) in [6.07, 6.45) is 1.58. The molecule has 1 aliphatic carbocycles. The summed E-state index contributed by atoms with van der Waals surface area (Å²) in [7, 11) is 7.70. The highest BCUT2D eigenvalue weighted by atomic mass is 33.1. The number of aliphatic carboxylic acids is 1. The van der Waals surface area contributed by atoms with Gasteiger partial charge in [-0.05, 0) is 45.1 Å². The lowest BCUT2D eigenvalue weighted by molar-refractivity contribution is -0.870. The Morgan fingerprint density at radius 2 is 1.91 bits per heavy atom. The van der Waals surface area contributed by atoms with Crippen LogP contribution in [-0.2, 0) is 33.3 Å². The van der Waals surface area contributed by atoms with E-state index < -0.39 is 92.0 Å². The number of aliphatic hydroxyl groups excluding tert-OH is 6. The number of ether oxygens (including phenoxy) is 5. The molecule has 7 aliphatic rings. The van der Waals surface area contributed by atoms with E-state index in [1.54, 1.807) is 56.8 Å². The van der Waals surface area contributed by atoms with Gasteiger partial charge in [-0.3, -0.25) is 20.2 Å². The van der Waals surface area contributed by atoms with Crippen LogP contribution in [0.3, 0.4) is 0 Å². The van der Waals surface area contributed by atoms with Crippen LogP contribution in [0.25, 0.3) is 0 Å². The molecule has 4 bridgehead atoms. The summed E-state index contributed by atoms with van der Waals surface area (Å²) < 4.78 is 30.9. The molecule has 28 heteroatoms. The molecule has 414 valence electrons. The fraction of sp³-hybridized carbons (Fsp3) is 0.696. The Balaban J connectivity index is 1.42. The lowest BCUT2D eigenvalue weighted by atomic mass is 9.82. The predicted molar refractivity (Wildman–Crippen MR) is 277 cm³/mol. The summed E-state index contributed by atoms with van der Waals surface area (Å²) in [5.74, 6) is -6.60. The Bertz CT molecular complexity index is 2150. The lowest BCUT2D eigenvalue weighted by Gasteiger charge is -2.48. The van der Waals surface area contributed by atoms with Crippen molar-refractivity contribution in [3.63, 3.8) is 0 Å². The zero-order valence-electron chi connectivity index (χ0n) is 40.8. The first-order valence-corrected chi connectivity index (χ1v) is 29.4. The maximum atomic E-state index is 14.8. The number of likely N-dealkylation sites (N-methyl/N-ethyl adjacent to an activating group) is 1. The van der Waals surface area contributed by atoms with E-state index in [9.17, 15) is 55.5 Å². The van der Waals surface area contributed by atoms with Gasteiger partial charge in [0.25, 0.3) is 0 Å². The lowest BCUT2D eigenvalue weighted by Crippen LogP contribution is -3.14. The highest BCUT2D eigenvalue weighted by molar-refractivity contribution is 8.78. The molecule has 1 saturated carbocycles. The second-order valence-electron chi connectivity index (χ2n) is 18.9. The molecular weight excluding hydrogens is 1050 g/mol. The van der Waals surface area contributed by atoms with Gasteiger partial charge in [-0.2, -0.15) is 0 Å². The molecule has 1 unspecified atom stereocenters. The van der Waals surface area contributed by atoms with Crippen molar-refractivity contribution < 1.29 is 84.1 Å². The molecule has 0 radical (unpaired) electrons. The van der Waals surface area contributed by atoms with Crippen LogP contribution >= 0.6 is 43.2 Å². The SMILES string of the molecule is CN[C@@H](CO)O[C@H]1[C@H](O[C@@H]2OC=C3C(=O)O[C@@H]4CC[C@H](CO)[C@@H]4CSS[C@@H]4[C@@H](CO)[NH+]5C=C(C(=O)O)C(NC(N)=NCCCO)=C(/C=C/[C@H]3[C@H]2/C=C/CSS[C@@H]4C[C@@H]2CCN=C(N)N2)C5)O[C@H](CO)[C@@H](O)C1(O)O. The molecule has 0 aromatic heterocycles. The van der Waals surface area contributed by atoms with Crippen molar-refractivity contribution in [1.29, 1.82) is 0 Å². The van der Waals surface area contributed by atoms with Crippen LogP contribution in [0.1, 0.15) is 32.1 Å². The first-order chi connectivity index (χ1) is 35.6. The van der Waals surface area contributed by atoms with E-state index in [1.165, 1.54) is 24.1 Å². The molecule has 0 spiro atoms. The molecule has 0 aromatic carbocycles. The van der Waals surface area contributed by atoms with Crippen molar-refractivity contribution in [2.24, 2.45) is 45.1 Å². The third-order valence-corrected chi connectivity index (χ3v) is 20.1. The number of aliphatic hydroxyl groups is 8. The molecular formula is C46H71N8O16S4+. The number of carboxylic acid groups (broad SMARTS) is 1. The van der Waals surface area contributed by atoms with Crippen LogP contribution in [0.5, 0.6) is 0 Å². The Hall–Kier alpha value is -3.14. The summed E-state index contributed by atoms with van der Waals surface area (Å²) >= 11 is 0. The van der Waals surface area contributed by atoms with Gasteiger partial charge in [0, 0.05) is 66.5 Å². The van der Waals surface area contributed by atoms with Crippen LogP contribution < -0.4 is 32.3 Å². The van der Waals surface area contributed by atoms with Crippen molar-refractivity contribution >= 4 is 67.0 Å². The number of allylic oxidation sites excluding steroid dienone is 1. The number of hydrogen-bond acceptors (Lipinski definition) is 24. The molecule has 6 heterocycles. The number of quaternary nitrogens is 1. The van der Waals surface area contributed by atoms with Crippen LogP contribution in [0, 0.1) is 23.7 Å². The van der Waals surface area contributed by atoms with E-state index in [0.29, 0.717) is 66.6 Å². The molecule has 0 amide bonds. The van der Waals surface area contributed by atoms with Gasteiger partial charge in [0.1, 0.15) is 48.9 Å². The average molecular weight is 1120 g/mol. The Labute approximate surface area is 444 Å². The smallest absolute Gasteiger partial charge is 0.343 e. The topological polar surface area (TPSA) is 380 Å². The van der Waals surface area contributed by atoms with E-state index >= 15 is 0 Å². The minimum absolute atomic E-state index is 0.0305. The fourth-order valence-corrected chi connectivity index (χ4v) is 17.0. The zero-order valence-corrected chi connectivity index (χ0v) is 44.1. The van der Waals surface area contributed by atoms with Gasteiger partial charge in [-0.25, -0.2) is 9.59 Å². The molecule has 2 fully saturated rings. The van der Waals surface area contributed by atoms with Crippen LogP contribution in [-0.4, -0.2) is 213 Å². The fourth-order valence-electron chi connectivity index (χ4n) is 10.1. The van der Waals surface area contributed by atoms with E-state index in [4.69, 9.17) is 35.2 Å². The van der Waals surface area contributed by atoms with Gasteiger partial charge in [-0.15, -0.1) is 0 Å². The third-order valence-electron chi connectivity index (χ3n) is 14.2. The third kappa shape index (κ3) is 13.9. The monoisotopic (exact) mass is 1120 g/mol. The van der Waals surface area contributed by atoms with E-state index in [2.05, 4.69) is 25.9 Å². The molecule has 1 saturated heterocycles.